The van der Waals surface area contributed by atoms with Crippen LogP contribution in [0.15, 0.2) is 36.5 Å². The molecular weight excluding hydrogens is 264 g/mol. The van der Waals surface area contributed by atoms with Crippen molar-refractivity contribution in [3.8, 4) is 0 Å². The van der Waals surface area contributed by atoms with E-state index < -0.39 is 5.60 Å². The van der Waals surface area contributed by atoms with Crippen LogP contribution in [0.4, 0.5) is 0 Å². The van der Waals surface area contributed by atoms with Gasteiger partial charge in [-0.1, -0.05) is 18.2 Å². The molecule has 1 amide bonds. The Morgan fingerprint density at radius 1 is 1.38 bits per heavy atom. The number of carbonyl (C=O) groups excluding carboxylic acids is 1. The van der Waals surface area contributed by atoms with Crippen molar-refractivity contribution >= 4 is 5.91 Å². The zero-order valence-electron chi connectivity index (χ0n) is 12.2. The van der Waals surface area contributed by atoms with E-state index in [1.807, 2.05) is 23.1 Å². The quantitative estimate of drug-likeness (QED) is 0.867. The summed E-state index contributed by atoms with van der Waals surface area (Å²) in [5.74, 6) is 0.628. The molecule has 1 aromatic rings. The first-order valence-electron chi connectivity index (χ1n) is 7.76. The van der Waals surface area contributed by atoms with E-state index in [4.69, 9.17) is 0 Å². The number of piperidine rings is 1. The zero-order valence-corrected chi connectivity index (χ0v) is 12.2. The van der Waals surface area contributed by atoms with E-state index >= 15 is 0 Å². The highest BCUT2D eigenvalue weighted by Gasteiger charge is 2.36. The Kier molecular flexibility index (Phi) is 4.06. The molecule has 1 fully saturated rings. The van der Waals surface area contributed by atoms with Crippen molar-refractivity contribution in [3.05, 3.63) is 42.2 Å². The third-order valence-corrected chi connectivity index (χ3v) is 4.63. The summed E-state index contributed by atoms with van der Waals surface area (Å²) in [4.78, 5) is 18.5. The summed E-state index contributed by atoms with van der Waals surface area (Å²) in [5, 5.41) is 10.7. The zero-order chi connectivity index (χ0) is 14.7. The average molecular weight is 286 g/mol. The molecule has 0 aromatic carbocycles. The molecule has 1 unspecified atom stereocenters. The minimum absolute atomic E-state index is 0.217. The Morgan fingerprint density at radius 3 is 2.81 bits per heavy atom. The van der Waals surface area contributed by atoms with Crippen LogP contribution >= 0.6 is 0 Å². The van der Waals surface area contributed by atoms with E-state index in [0.717, 1.165) is 18.5 Å². The van der Waals surface area contributed by atoms with Gasteiger partial charge in [-0.3, -0.25) is 9.78 Å². The predicted octanol–water partition coefficient (Wildman–Crippen LogP) is 2.25. The van der Waals surface area contributed by atoms with Crippen molar-refractivity contribution in [2.24, 2.45) is 5.92 Å². The van der Waals surface area contributed by atoms with E-state index in [2.05, 4.69) is 17.1 Å². The molecule has 1 aliphatic carbocycles. The number of hydrogen-bond acceptors (Lipinski definition) is 3. The van der Waals surface area contributed by atoms with Gasteiger partial charge in [0.1, 0.15) is 5.60 Å². The largest absolute Gasteiger partial charge is 0.383 e. The number of rotatable bonds is 3. The van der Waals surface area contributed by atoms with Gasteiger partial charge in [0.25, 0.3) is 0 Å². The van der Waals surface area contributed by atoms with Crippen molar-refractivity contribution in [1.29, 1.82) is 0 Å². The van der Waals surface area contributed by atoms with E-state index in [1.54, 1.807) is 6.20 Å². The van der Waals surface area contributed by atoms with Crippen molar-refractivity contribution in [2.45, 2.75) is 37.7 Å². The molecule has 4 nitrogen and oxygen atoms in total. The monoisotopic (exact) mass is 286 g/mol. The van der Waals surface area contributed by atoms with Gasteiger partial charge in [0.05, 0.1) is 5.69 Å². The fourth-order valence-electron chi connectivity index (χ4n) is 3.24. The van der Waals surface area contributed by atoms with Crippen molar-refractivity contribution in [2.75, 3.05) is 13.1 Å². The van der Waals surface area contributed by atoms with E-state index in [9.17, 15) is 9.90 Å². The first-order chi connectivity index (χ1) is 10.2. The van der Waals surface area contributed by atoms with Crippen LogP contribution < -0.4 is 0 Å². The smallest absolute Gasteiger partial charge is 0.223 e. The molecule has 1 aliphatic heterocycles. The SMILES string of the molecule is O=C(CC1C=CCC1)N1CCC(O)(c2ccccn2)CC1. The molecule has 2 heterocycles. The maximum Gasteiger partial charge on any atom is 0.223 e. The molecule has 21 heavy (non-hydrogen) atoms. The predicted molar refractivity (Wildman–Crippen MR) is 80.4 cm³/mol. The second-order valence-corrected chi connectivity index (χ2v) is 6.10. The molecule has 3 rings (SSSR count). The summed E-state index contributed by atoms with van der Waals surface area (Å²) in [6, 6.07) is 5.60. The maximum absolute atomic E-state index is 12.3. The van der Waals surface area contributed by atoms with E-state index in [1.165, 1.54) is 0 Å². The van der Waals surface area contributed by atoms with Crippen LogP contribution in [0, 0.1) is 5.92 Å². The minimum Gasteiger partial charge on any atom is -0.383 e. The lowest BCUT2D eigenvalue weighted by molar-refractivity contribution is -0.136. The van der Waals surface area contributed by atoms with Crippen molar-refractivity contribution in [3.63, 3.8) is 0 Å². The van der Waals surface area contributed by atoms with E-state index in [0.29, 0.717) is 38.3 Å². The Hall–Kier alpha value is -1.68. The summed E-state index contributed by atoms with van der Waals surface area (Å²) in [6.45, 7) is 1.23. The molecule has 0 saturated carbocycles. The number of pyridine rings is 1. The van der Waals surface area contributed by atoms with Gasteiger partial charge in [0.15, 0.2) is 0 Å². The van der Waals surface area contributed by atoms with Crippen LogP contribution in [-0.4, -0.2) is 34.0 Å². The Bertz CT molecular complexity index is 519. The lowest BCUT2D eigenvalue weighted by Gasteiger charge is -2.38. The highest BCUT2D eigenvalue weighted by molar-refractivity contribution is 5.76. The fraction of sp³-hybridized carbons (Fsp3) is 0.529. The van der Waals surface area contributed by atoms with Crippen LogP contribution in [0.2, 0.25) is 0 Å². The summed E-state index contributed by atoms with van der Waals surface area (Å²) < 4.78 is 0. The lowest BCUT2D eigenvalue weighted by Crippen LogP contribution is -2.45. The summed E-state index contributed by atoms with van der Waals surface area (Å²) in [6.07, 6.45) is 9.96. The van der Waals surface area contributed by atoms with Gasteiger partial charge in [-0.2, -0.15) is 0 Å². The second-order valence-electron chi connectivity index (χ2n) is 6.10. The third-order valence-electron chi connectivity index (χ3n) is 4.63. The molecule has 112 valence electrons. The van der Waals surface area contributed by atoms with Gasteiger partial charge in [-0.25, -0.2) is 0 Å². The summed E-state index contributed by atoms with van der Waals surface area (Å²) in [7, 11) is 0. The molecule has 0 radical (unpaired) electrons. The molecule has 1 saturated heterocycles. The van der Waals surface area contributed by atoms with Crippen LogP contribution in [0.1, 0.15) is 37.8 Å². The van der Waals surface area contributed by atoms with Gasteiger partial charge >= 0.3 is 0 Å². The number of hydrogen-bond donors (Lipinski definition) is 1. The number of likely N-dealkylation sites (tertiary alicyclic amines) is 1. The molecule has 0 bridgehead atoms. The molecule has 1 atom stereocenters. The van der Waals surface area contributed by atoms with Crippen molar-refractivity contribution in [1.82, 2.24) is 9.88 Å². The van der Waals surface area contributed by atoms with Crippen molar-refractivity contribution < 1.29 is 9.90 Å². The van der Waals surface area contributed by atoms with Crippen LogP contribution in [0.3, 0.4) is 0 Å². The van der Waals surface area contributed by atoms with Crippen LogP contribution in [0.5, 0.6) is 0 Å². The highest BCUT2D eigenvalue weighted by atomic mass is 16.3. The number of allylic oxidation sites excluding steroid dienone is 2. The van der Waals surface area contributed by atoms with Gasteiger partial charge in [-0.15, -0.1) is 0 Å². The molecule has 4 heteroatoms. The normalized spacial score (nSPS) is 24.2. The molecule has 0 spiro atoms. The molecule has 2 aliphatic rings. The topological polar surface area (TPSA) is 53.4 Å². The summed E-state index contributed by atoms with van der Waals surface area (Å²) >= 11 is 0. The number of nitrogens with zero attached hydrogens (tertiary/aromatic N) is 2. The van der Waals surface area contributed by atoms with Gasteiger partial charge < -0.3 is 10.0 Å². The molecule has 1 N–H and O–H groups in total. The average Bonchev–Trinajstić information content (AvgIpc) is 3.02. The standard InChI is InChI=1S/C17H22N2O2/c20-16(13-14-5-1-2-6-14)19-11-8-17(21,9-12-19)15-7-3-4-10-18-15/h1,3-5,7,10,14,21H,2,6,8-9,11-13H2. The molecular formula is C17H22N2O2. The first kappa shape index (κ1) is 14.3. The fourth-order valence-corrected chi connectivity index (χ4v) is 3.24. The van der Waals surface area contributed by atoms with E-state index in [-0.39, 0.29) is 5.91 Å². The number of carbonyl (C=O) groups is 1. The second kappa shape index (κ2) is 5.98. The minimum atomic E-state index is -0.884. The van der Waals surface area contributed by atoms with Crippen LogP contribution in [-0.2, 0) is 10.4 Å². The Labute approximate surface area is 125 Å². The number of aliphatic hydroxyl groups is 1. The summed E-state index contributed by atoms with van der Waals surface area (Å²) in [5.41, 5.74) is -0.165. The third kappa shape index (κ3) is 3.16. The Morgan fingerprint density at radius 2 is 2.19 bits per heavy atom. The number of amides is 1. The van der Waals surface area contributed by atoms with Crippen LogP contribution in [0.25, 0.3) is 0 Å². The van der Waals surface area contributed by atoms with Gasteiger partial charge in [-0.05, 0) is 43.7 Å². The maximum atomic E-state index is 12.3. The lowest BCUT2D eigenvalue weighted by atomic mass is 9.87. The van der Waals surface area contributed by atoms with Gasteiger partial charge in [0, 0.05) is 25.7 Å². The Balaban J connectivity index is 1.57. The number of aromatic nitrogens is 1. The highest BCUT2D eigenvalue weighted by Crippen LogP contribution is 2.32. The molecule has 1 aromatic heterocycles. The first-order valence-corrected chi connectivity index (χ1v) is 7.76. The van der Waals surface area contributed by atoms with Gasteiger partial charge in [0.2, 0.25) is 5.91 Å².